The summed E-state index contributed by atoms with van der Waals surface area (Å²) in [6.45, 7) is 8.89. The summed E-state index contributed by atoms with van der Waals surface area (Å²) in [6.07, 6.45) is 2.61. The van der Waals surface area contributed by atoms with E-state index in [1.807, 2.05) is 12.1 Å². The normalized spacial score (nSPS) is 11.9. The molecule has 0 aliphatic rings. The molecular weight excluding hydrogens is 460 g/mol. The topological polar surface area (TPSA) is 110 Å². The number of nitrogens with zero attached hydrogens (tertiary/aromatic N) is 2. The first-order valence-electron chi connectivity index (χ1n) is 12.0. The largest absolute Gasteiger partial charge is 0.478 e. The first-order valence-corrected chi connectivity index (χ1v) is 12.8. The Kier molecular flexibility index (Phi) is 9.51. The number of nitrogens with one attached hydrogen (secondary N) is 1. The summed E-state index contributed by atoms with van der Waals surface area (Å²) >= 11 is 1.25. The van der Waals surface area contributed by atoms with Crippen LogP contribution in [0.2, 0.25) is 0 Å². The maximum absolute atomic E-state index is 11.3. The van der Waals surface area contributed by atoms with Gasteiger partial charge in [-0.3, -0.25) is 4.72 Å². The number of benzene rings is 2. The molecule has 0 spiro atoms. The third-order valence-electron chi connectivity index (χ3n) is 5.52. The van der Waals surface area contributed by atoms with Crippen molar-refractivity contribution in [1.29, 1.82) is 0 Å². The predicted molar refractivity (Wildman–Crippen MR) is 142 cm³/mol. The number of carboxylic acids is 1. The quantitative estimate of drug-likeness (QED) is 0.269. The summed E-state index contributed by atoms with van der Waals surface area (Å²) in [4.78, 5) is 21.4. The Labute approximate surface area is 211 Å². The van der Waals surface area contributed by atoms with Crippen LogP contribution in [0, 0.1) is 5.92 Å². The second-order valence-corrected chi connectivity index (χ2v) is 9.69. The van der Waals surface area contributed by atoms with Crippen LogP contribution in [0.15, 0.2) is 53.4 Å². The standard InChI is InChI=1S/C27H34N4O3S/c1-5-18-9-7-10-19(6-2)25(18)23-15-24(34-16-21(28)13-17(3)4)30-27(29-23)31-35-22-12-8-11-20(14-22)26(32)33/h7-12,14-15,17,21H,5-6,13,16,28H2,1-4H3,(H,32,33)(H,29,30,31). The molecule has 1 heterocycles. The number of rotatable bonds is 12. The van der Waals surface area contributed by atoms with Crippen LogP contribution in [0.5, 0.6) is 5.88 Å². The van der Waals surface area contributed by atoms with Crippen LogP contribution >= 0.6 is 11.9 Å². The van der Waals surface area contributed by atoms with Gasteiger partial charge in [0.2, 0.25) is 11.8 Å². The molecule has 3 rings (SSSR count). The summed E-state index contributed by atoms with van der Waals surface area (Å²) in [6, 6.07) is 14.8. The molecule has 0 bridgehead atoms. The van der Waals surface area contributed by atoms with E-state index in [1.54, 1.807) is 18.2 Å². The van der Waals surface area contributed by atoms with Crippen molar-refractivity contribution < 1.29 is 14.6 Å². The summed E-state index contributed by atoms with van der Waals surface area (Å²) in [5.74, 6) is 0.342. The van der Waals surface area contributed by atoms with Gasteiger partial charge in [-0.25, -0.2) is 9.78 Å². The summed E-state index contributed by atoms with van der Waals surface area (Å²) in [5, 5.41) is 9.27. The smallest absolute Gasteiger partial charge is 0.335 e. The van der Waals surface area contributed by atoms with E-state index in [9.17, 15) is 9.90 Å². The van der Waals surface area contributed by atoms with E-state index in [-0.39, 0.29) is 11.6 Å². The molecule has 4 N–H and O–H groups in total. The number of aromatic carboxylic acids is 1. The Balaban J connectivity index is 1.94. The average molecular weight is 495 g/mol. The van der Waals surface area contributed by atoms with Crippen LogP contribution in [0.3, 0.4) is 0 Å². The summed E-state index contributed by atoms with van der Waals surface area (Å²) < 4.78 is 9.18. The Morgan fingerprint density at radius 2 is 1.77 bits per heavy atom. The molecule has 186 valence electrons. The summed E-state index contributed by atoms with van der Waals surface area (Å²) in [7, 11) is 0. The second-order valence-electron chi connectivity index (χ2n) is 8.81. The van der Waals surface area contributed by atoms with Gasteiger partial charge in [-0.1, -0.05) is 52.0 Å². The Bertz CT molecular complexity index is 1130. The molecular formula is C27H34N4O3S. The van der Waals surface area contributed by atoms with E-state index in [1.165, 1.54) is 23.1 Å². The molecule has 0 fully saturated rings. The fraction of sp³-hybridized carbons (Fsp3) is 0.370. The fourth-order valence-corrected chi connectivity index (χ4v) is 4.54. The Morgan fingerprint density at radius 3 is 2.40 bits per heavy atom. The van der Waals surface area contributed by atoms with Gasteiger partial charge in [0, 0.05) is 22.6 Å². The van der Waals surface area contributed by atoms with E-state index >= 15 is 0 Å². The first kappa shape index (κ1) is 26.5. The monoisotopic (exact) mass is 494 g/mol. The minimum absolute atomic E-state index is 0.0907. The van der Waals surface area contributed by atoms with Gasteiger partial charge in [0.1, 0.15) is 6.61 Å². The summed E-state index contributed by atoms with van der Waals surface area (Å²) in [5.41, 5.74) is 10.7. The van der Waals surface area contributed by atoms with Gasteiger partial charge in [0.15, 0.2) is 0 Å². The lowest BCUT2D eigenvalue weighted by Crippen LogP contribution is -2.29. The Morgan fingerprint density at radius 1 is 1.09 bits per heavy atom. The fourth-order valence-electron chi connectivity index (χ4n) is 3.91. The van der Waals surface area contributed by atoms with Crippen LogP contribution < -0.4 is 15.2 Å². The van der Waals surface area contributed by atoms with Gasteiger partial charge >= 0.3 is 5.97 Å². The second kappa shape index (κ2) is 12.6. The zero-order chi connectivity index (χ0) is 25.4. The van der Waals surface area contributed by atoms with E-state index in [0.29, 0.717) is 24.4 Å². The van der Waals surface area contributed by atoms with Gasteiger partial charge in [0.05, 0.1) is 11.3 Å². The van der Waals surface area contributed by atoms with Crippen molar-refractivity contribution in [2.45, 2.75) is 57.9 Å². The van der Waals surface area contributed by atoms with Crippen LogP contribution in [-0.2, 0) is 12.8 Å². The van der Waals surface area contributed by atoms with Crippen molar-refractivity contribution in [1.82, 2.24) is 9.97 Å². The van der Waals surface area contributed by atoms with Gasteiger partial charge < -0.3 is 15.6 Å². The number of aromatic nitrogens is 2. The lowest BCUT2D eigenvalue weighted by molar-refractivity contribution is 0.0696. The number of aryl methyl sites for hydroxylation is 2. The molecule has 0 saturated heterocycles. The molecule has 8 heteroatoms. The Hall–Kier alpha value is -3.10. The number of carbonyl (C=O) groups is 1. The van der Waals surface area contributed by atoms with Crippen molar-refractivity contribution in [3.63, 3.8) is 0 Å². The highest BCUT2D eigenvalue weighted by molar-refractivity contribution is 8.00. The lowest BCUT2D eigenvalue weighted by Gasteiger charge is -2.17. The number of ether oxygens (including phenoxy) is 1. The highest BCUT2D eigenvalue weighted by Crippen LogP contribution is 2.31. The number of anilines is 1. The van der Waals surface area contributed by atoms with Crippen molar-refractivity contribution in [3.8, 4) is 17.1 Å². The van der Waals surface area contributed by atoms with E-state index < -0.39 is 5.97 Å². The molecule has 0 amide bonds. The minimum Gasteiger partial charge on any atom is -0.478 e. The average Bonchev–Trinajstić information content (AvgIpc) is 2.85. The molecule has 7 nitrogen and oxygen atoms in total. The molecule has 1 atom stereocenters. The SMILES string of the molecule is CCc1cccc(CC)c1-c1cc(OCC(N)CC(C)C)nc(NSc2cccc(C(=O)O)c2)n1. The molecule has 35 heavy (non-hydrogen) atoms. The number of hydrogen-bond donors (Lipinski definition) is 3. The maximum atomic E-state index is 11.3. The molecule has 0 radical (unpaired) electrons. The minimum atomic E-state index is -0.970. The third-order valence-corrected chi connectivity index (χ3v) is 6.29. The molecule has 0 aliphatic heterocycles. The van der Waals surface area contributed by atoms with E-state index in [0.717, 1.165) is 35.4 Å². The van der Waals surface area contributed by atoms with Crippen molar-refractivity contribution in [2.75, 3.05) is 11.3 Å². The predicted octanol–water partition coefficient (Wildman–Crippen LogP) is 5.84. The highest BCUT2D eigenvalue weighted by Gasteiger charge is 2.16. The zero-order valence-corrected chi connectivity index (χ0v) is 21.6. The molecule has 2 aromatic carbocycles. The van der Waals surface area contributed by atoms with E-state index in [2.05, 4.69) is 55.6 Å². The van der Waals surface area contributed by atoms with E-state index in [4.69, 9.17) is 15.5 Å². The number of hydrogen-bond acceptors (Lipinski definition) is 7. The lowest BCUT2D eigenvalue weighted by atomic mass is 9.95. The van der Waals surface area contributed by atoms with Crippen LogP contribution in [0.1, 0.15) is 55.6 Å². The van der Waals surface area contributed by atoms with Crippen LogP contribution in [0.25, 0.3) is 11.3 Å². The van der Waals surface area contributed by atoms with Crippen molar-refractivity contribution in [2.24, 2.45) is 11.7 Å². The number of carboxylic acid groups (broad SMARTS) is 1. The van der Waals surface area contributed by atoms with Crippen LogP contribution in [0.4, 0.5) is 5.95 Å². The van der Waals surface area contributed by atoms with Crippen molar-refractivity contribution >= 4 is 23.9 Å². The molecule has 0 saturated carbocycles. The van der Waals surface area contributed by atoms with Gasteiger partial charge in [0.25, 0.3) is 0 Å². The molecule has 0 aliphatic carbocycles. The zero-order valence-electron chi connectivity index (χ0n) is 20.7. The molecule has 1 unspecified atom stereocenters. The third kappa shape index (κ3) is 7.44. The maximum Gasteiger partial charge on any atom is 0.335 e. The first-order chi connectivity index (χ1) is 16.8. The van der Waals surface area contributed by atoms with Gasteiger partial charge in [-0.05, 0) is 66.5 Å². The van der Waals surface area contributed by atoms with Gasteiger partial charge in [-0.2, -0.15) is 4.98 Å². The van der Waals surface area contributed by atoms with Gasteiger partial charge in [-0.15, -0.1) is 0 Å². The molecule has 1 aromatic heterocycles. The molecule has 3 aromatic rings. The van der Waals surface area contributed by atoms with Crippen molar-refractivity contribution in [3.05, 3.63) is 65.2 Å². The van der Waals surface area contributed by atoms with Crippen LogP contribution in [-0.4, -0.2) is 33.7 Å². The number of nitrogens with two attached hydrogens (primary N) is 1. The highest BCUT2D eigenvalue weighted by atomic mass is 32.2.